The summed E-state index contributed by atoms with van der Waals surface area (Å²) < 4.78 is 6.70. The summed E-state index contributed by atoms with van der Waals surface area (Å²) in [5.41, 5.74) is 2.94. The third-order valence-corrected chi connectivity index (χ3v) is 3.80. The first kappa shape index (κ1) is 15.8. The van der Waals surface area contributed by atoms with E-state index in [4.69, 9.17) is 4.74 Å². The lowest BCUT2D eigenvalue weighted by molar-refractivity contribution is 0.111. The third kappa shape index (κ3) is 4.71. The summed E-state index contributed by atoms with van der Waals surface area (Å²) in [7, 11) is 0. The second-order valence-corrected chi connectivity index (χ2v) is 5.97. The Balaban J connectivity index is 1.82. The molecule has 2 aromatic carbocycles. The molecule has 2 rings (SSSR count). The highest BCUT2D eigenvalue weighted by Gasteiger charge is 2.08. The topological polar surface area (TPSA) is 26.3 Å². The Morgan fingerprint density at radius 2 is 1.90 bits per heavy atom. The van der Waals surface area contributed by atoms with E-state index in [2.05, 4.69) is 40.2 Å². The van der Waals surface area contributed by atoms with Gasteiger partial charge in [-0.1, -0.05) is 46.3 Å². The Hall–Kier alpha value is -1.61. The van der Waals surface area contributed by atoms with E-state index in [0.29, 0.717) is 17.9 Å². The van der Waals surface area contributed by atoms with Crippen molar-refractivity contribution >= 4 is 22.2 Å². The van der Waals surface area contributed by atoms with Crippen LogP contribution >= 0.6 is 15.9 Å². The Kier molecular flexibility index (Phi) is 6.00. The molecule has 0 atom stereocenters. The molecule has 110 valence electrons. The molecule has 2 aromatic rings. The highest BCUT2D eigenvalue weighted by molar-refractivity contribution is 9.10. The van der Waals surface area contributed by atoms with Gasteiger partial charge in [0.05, 0.1) is 12.2 Å². The van der Waals surface area contributed by atoms with E-state index < -0.39 is 0 Å². The molecule has 0 bridgehead atoms. The Bertz CT molecular complexity index is 594. The van der Waals surface area contributed by atoms with Gasteiger partial charge >= 0.3 is 0 Å². The molecule has 0 aliphatic heterocycles. The molecule has 0 radical (unpaired) electrons. The van der Waals surface area contributed by atoms with Gasteiger partial charge in [-0.2, -0.15) is 0 Å². The third-order valence-electron chi connectivity index (χ3n) is 3.34. The van der Waals surface area contributed by atoms with Crippen LogP contribution in [0.15, 0.2) is 46.9 Å². The number of carbonyl (C=O) groups is 1. The average molecular weight is 347 g/mol. The molecule has 0 saturated heterocycles. The molecule has 0 aliphatic carbocycles. The molecule has 0 N–H and O–H groups in total. The van der Waals surface area contributed by atoms with Crippen LogP contribution in [0.2, 0.25) is 0 Å². The van der Waals surface area contributed by atoms with Crippen molar-refractivity contribution < 1.29 is 9.53 Å². The Morgan fingerprint density at radius 1 is 1.14 bits per heavy atom. The molecule has 0 heterocycles. The lowest BCUT2D eigenvalue weighted by Crippen LogP contribution is -2.02. The molecule has 0 spiro atoms. The lowest BCUT2D eigenvalue weighted by atomic mass is 10.1. The zero-order valence-corrected chi connectivity index (χ0v) is 13.7. The first-order chi connectivity index (χ1) is 10.2. The van der Waals surface area contributed by atoms with Crippen LogP contribution < -0.4 is 4.74 Å². The molecule has 21 heavy (non-hydrogen) atoms. The number of hydrogen-bond acceptors (Lipinski definition) is 2. The van der Waals surface area contributed by atoms with Crippen LogP contribution in [0, 0.1) is 6.92 Å². The second kappa shape index (κ2) is 7.99. The fraction of sp³-hybridized carbons (Fsp3) is 0.278. The van der Waals surface area contributed by atoms with Crippen LogP contribution in [-0.4, -0.2) is 12.9 Å². The van der Waals surface area contributed by atoms with Gasteiger partial charge in [-0.25, -0.2) is 0 Å². The molecule has 0 fully saturated rings. The molecule has 3 heteroatoms. The fourth-order valence-electron chi connectivity index (χ4n) is 2.29. The van der Waals surface area contributed by atoms with Gasteiger partial charge in [-0.3, -0.25) is 4.79 Å². The maximum Gasteiger partial charge on any atom is 0.153 e. The summed E-state index contributed by atoms with van der Waals surface area (Å²) in [5.74, 6) is 0.702. The highest BCUT2D eigenvalue weighted by Crippen LogP contribution is 2.27. The number of benzene rings is 2. The quantitative estimate of drug-likeness (QED) is 0.522. The standard InChI is InChI=1S/C18H19BrO2/c1-14-11-17(19)12-16(13-20)18(14)21-10-6-5-9-15-7-3-2-4-8-15/h2-4,7-8,11-13H,5-6,9-10H2,1H3. The largest absolute Gasteiger partial charge is 0.493 e. The normalized spacial score (nSPS) is 10.4. The number of aryl methyl sites for hydroxylation is 2. The van der Waals surface area contributed by atoms with Crippen molar-refractivity contribution in [3.8, 4) is 5.75 Å². The van der Waals surface area contributed by atoms with Crippen LogP contribution in [-0.2, 0) is 6.42 Å². The SMILES string of the molecule is Cc1cc(Br)cc(C=O)c1OCCCCc1ccccc1. The number of halogens is 1. The summed E-state index contributed by atoms with van der Waals surface area (Å²) in [5, 5.41) is 0. The summed E-state index contributed by atoms with van der Waals surface area (Å²) in [6.45, 7) is 2.59. The van der Waals surface area contributed by atoms with Crippen molar-refractivity contribution in [1.29, 1.82) is 0 Å². The van der Waals surface area contributed by atoms with Crippen LogP contribution in [0.1, 0.15) is 34.3 Å². The van der Waals surface area contributed by atoms with E-state index in [9.17, 15) is 4.79 Å². The molecule has 0 amide bonds. The minimum atomic E-state index is 0.602. The van der Waals surface area contributed by atoms with Crippen molar-refractivity contribution in [1.82, 2.24) is 0 Å². The lowest BCUT2D eigenvalue weighted by Gasteiger charge is -2.12. The van der Waals surface area contributed by atoms with E-state index in [1.165, 1.54) is 5.56 Å². The van der Waals surface area contributed by atoms with E-state index in [1.54, 1.807) is 6.07 Å². The number of aldehydes is 1. The summed E-state index contributed by atoms with van der Waals surface area (Å²) in [6.07, 6.45) is 3.96. The minimum Gasteiger partial charge on any atom is -0.493 e. The first-order valence-corrected chi connectivity index (χ1v) is 7.92. The molecular formula is C18H19BrO2. The molecule has 0 aliphatic rings. The van der Waals surface area contributed by atoms with Gasteiger partial charge in [0, 0.05) is 4.47 Å². The van der Waals surface area contributed by atoms with Gasteiger partial charge < -0.3 is 4.74 Å². The van der Waals surface area contributed by atoms with Gasteiger partial charge in [0.25, 0.3) is 0 Å². The van der Waals surface area contributed by atoms with Crippen molar-refractivity contribution in [2.75, 3.05) is 6.61 Å². The maximum absolute atomic E-state index is 11.1. The molecule has 2 nitrogen and oxygen atoms in total. The van der Waals surface area contributed by atoms with Crippen LogP contribution in [0.5, 0.6) is 5.75 Å². The van der Waals surface area contributed by atoms with E-state index in [-0.39, 0.29) is 0 Å². The Labute approximate surface area is 134 Å². The van der Waals surface area contributed by atoms with Gasteiger partial charge in [0.15, 0.2) is 6.29 Å². The monoisotopic (exact) mass is 346 g/mol. The summed E-state index contributed by atoms with van der Waals surface area (Å²) in [4.78, 5) is 11.1. The first-order valence-electron chi connectivity index (χ1n) is 7.13. The van der Waals surface area contributed by atoms with E-state index in [1.807, 2.05) is 19.1 Å². The highest BCUT2D eigenvalue weighted by atomic mass is 79.9. The van der Waals surface area contributed by atoms with Crippen molar-refractivity contribution in [2.24, 2.45) is 0 Å². The zero-order valence-electron chi connectivity index (χ0n) is 12.1. The van der Waals surface area contributed by atoms with E-state index in [0.717, 1.165) is 35.6 Å². The molecule has 0 unspecified atom stereocenters. The van der Waals surface area contributed by atoms with Crippen molar-refractivity contribution in [3.05, 3.63) is 63.6 Å². The van der Waals surface area contributed by atoms with Gasteiger partial charge in [-0.15, -0.1) is 0 Å². The number of rotatable bonds is 7. The summed E-state index contributed by atoms with van der Waals surface area (Å²) in [6, 6.07) is 14.2. The minimum absolute atomic E-state index is 0.602. The van der Waals surface area contributed by atoms with Crippen molar-refractivity contribution in [3.63, 3.8) is 0 Å². The number of unbranched alkanes of at least 4 members (excludes halogenated alkanes) is 1. The number of carbonyl (C=O) groups excluding carboxylic acids is 1. The predicted octanol–water partition coefficient (Wildman–Crippen LogP) is 4.97. The van der Waals surface area contributed by atoms with Crippen LogP contribution in [0.25, 0.3) is 0 Å². The Morgan fingerprint density at radius 3 is 2.62 bits per heavy atom. The fourth-order valence-corrected chi connectivity index (χ4v) is 2.88. The van der Waals surface area contributed by atoms with Crippen LogP contribution in [0.4, 0.5) is 0 Å². The maximum atomic E-state index is 11.1. The molecule has 0 aromatic heterocycles. The van der Waals surface area contributed by atoms with Gasteiger partial charge in [0.1, 0.15) is 5.75 Å². The molecule has 0 saturated carbocycles. The van der Waals surface area contributed by atoms with Crippen molar-refractivity contribution in [2.45, 2.75) is 26.2 Å². The van der Waals surface area contributed by atoms with Gasteiger partial charge in [0.2, 0.25) is 0 Å². The smallest absolute Gasteiger partial charge is 0.153 e. The summed E-state index contributed by atoms with van der Waals surface area (Å²) >= 11 is 3.39. The predicted molar refractivity (Wildman–Crippen MR) is 89.1 cm³/mol. The van der Waals surface area contributed by atoms with Gasteiger partial charge in [-0.05, 0) is 49.4 Å². The second-order valence-electron chi connectivity index (χ2n) is 5.05. The van der Waals surface area contributed by atoms with E-state index >= 15 is 0 Å². The van der Waals surface area contributed by atoms with Crippen LogP contribution in [0.3, 0.4) is 0 Å². The average Bonchev–Trinajstić information content (AvgIpc) is 2.49. The molecular weight excluding hydrogens is 328 g/mol. The zero-order chi connectivity index (χ0) is 15.1. The number of hydrogen-bond donors (Lipinski definition) is 0. The number of ether oxygens (including phenoxy) is 1.